The van der Waals surface area contributed by atoms with Crippen molar-refractivity contribution in [3.05, 3.63) is 58.9 Å². The van der Waals surface area contributed by atoms with Crippen molar-refractivity contribution in [3.8, 4) is 0 Å². The molecule has 1 saturated carbocycles. The molecular formula is C23H28ClN3O2. The predicted molar refractivity (Wildman–Crippen MR) is 114 cm³/mol. The summed E-state index contributed by atoms with van der Waals surface area (Å²) in [5.41, 5.74) is 1.99. The van der Waals surface area contributed by atoms with Crippen LogP contribution in [0.3, 0.4) is 0 Å². The highest BCUT2D eigenvalue weighted by molar-refractivity contribution is 6.30. The second-order valence-corrected chi connectivity index (χ2v) is 8.74. The van der Waals surface area contributed by atoms with Gasteiger partial charge < -0.3 is 14.8 Å². The van der Waals surface area contributed by atoms with Crippen LogP contribution in [0.4, 0.5) is 0 Å². The zero-order valence-electron chi connectivity index (χ0n) is 16.8. The monoisotopic (exact) mass is 413 g/mol. The minimum atomic E-state index is -0.576. The number of rotatable bonds is 5. The lowest BCUT2D eigenvalue weighted by Crippen LogP contribution is -2.52. The Bertz CT molecular complexity index is 877. The number of hydrogen-bond donors (Lipinski definition) is 1. The van der Waals surface area contributed by atoms with Crippen molar-refractivity contribution in [2.75, 3.05) is 6.54 Å². The Morgan fingerprint density at radius 2 is 1.93 bits per heavy atom. The van der Waals surface area contributed by atoms with Crippen molar-refractivity contribution in [2.45, 2.75) is 57.7 Å². The van der Waals surface area contributed by atoms with Crippen LogP contribution in [-0.2, 0) is 22.6 Å². The SMILES string of the molecule is C[C@@H]1CCCC[C@@H]1NC(=O)[C@@H]1c2cccn2CC(=O)N1CCc1ccc(Cl)cc1. The third-order valence-corrected chi connectivity index (χ3v) is 6.58. The molecule has 3 atom stereocenters. The van der Waals surface area contributed by atoms with Gasteiger partial charge in [-0.15, -0.1) is 0 Å². The molecule has 0 spiro atoms. The molecule has 1 aromatic heterocycles. The topological polar surface area (TPSA) is 54.3 Å². The van der Waals surface area contributed by atoms with Crippen molar-refractivity contribution in [1.29, 1.82) is 0 Å². The van der Waals surface area contributed by atoms with Gasteiger partial charge in [0, 0.05) is 23.8 Å². The van der Waals surface area contributed by atoms with E-state index in [-0.39, 0.29) is 24.4 Å². The summed E-state index contributed by atoms with van der Waals surface area (Å²) in [6, 6.07) is 11.1. The van der Waals surface area contributed by atoms with Gasteiger partial charge in [-0.3, -0.25) is 9.59 Å². The number of nitrogens with zero attached hydrogens (tertiary/aromatic N) is 2. The fourth-order valence-corrected chi connectivity index (χ4v) is 4.71. The third-order valence-electron chi connectivity index (χ3n) is 6.32. The van der Waals surface area contributed by atoms with E-state index >= 15 is 0 Å². The first-order chi connectivity index (χ1) is 14.0. The van der Waals surface area contributed by atoms with Crippen LogP contribution in [0, 0.1) is 5.92 Å². The largest absolute Gasteiger partial charge is 0.351 e. The summed E-state index contributed by atoms with van der Waals surface area (Å²) in [7, 11) is 0. The maximum Gasteiger partial charge on any atom is 0.249 e. The highest BCUT2D eigenvalue weighted by atomic mass is 35.5. The molecule has 0 saturated heterocycles. The molecule has 0 radical (unpaired) electrons. The van der Waals surface area contributed by atoms with Gasteiger partial charge in [-0.1, -0.05) is 43.5 Å². The summed E-state index contributed by atoms with van der Waals surface area (Å²) < 4.78 is 1.90. The van der Waals surface area contributed by atoms with Crippen LogP contribution in [0.1, 0.15) is 49.9 Å². The molecule has 2 aromatic rings. The van der Waals surface area contributed by atoms with Crippen molar-refractivity contribution in [3.63, 3.8) is 0 Å². The minimum absolute atomic E-state index is 0.0143. The summed E-state index contributed by atoms with van der Waals surface area (Å²) in [5.74, 6) is 0.397. The number of halogens is 1. The lowest BCUT2D eigenvalue weighted by Gasteiger charge is -2.38. The number of hydrogen-bond acceptors (Lipinski definition) is 2. The first-order valence-electron chi connectivity index (χ1n) is 10.5. The number of amides is 2. The standard InChI is InChI=1S/C23H28ClN3O2/c1-16-5-2-3-6-19(16)25-23(29)22-20-7-4-13-26(20)15-21(28)27(22)14-12-17-8-10-18(24)11-9-17/h4,7-11,13,16,19,22H,2-3,5-6,12,14-15H2,1H3,(H,25,29)/t16-,19+,22+/m1/s1. The Kier molecular flexibility index (Phi) is 5.95. The smallest absolute Gasteiger partial charge is 0.249 e. The van der Waals surface area contributed by atoms with Crippen LogP contribution in [0.15, 0.2) is 42.6 Å². The summed E-state index contributed by atoms with van der Waals surface area (Å²) in [6.07, 6.45) is 7.10. The lowest BCUT2D eigenvalue weighted by molar-refractivity contribution is -0.144. The number of fused-ring (bicyclic) bond motifs is 1. The van der Waals surface area contributed by atoms with E-state index in [1.807, 2.05) is 47.2 Å². The molecule has 2 aliphatic rings. The van der Waals surface area contributed by atoms with Gasteiger partial charge in [0.2, 0.25) is 11.8 Å². The van der Waals surface area contributed by atoms with E-state index < -0.39 is 6.04 Å². The highest BCUT2D eigenvalue weighted by Gasteiger charge is 2.38. The molecule has 2 amide bonds. The predicted octanol–water partition coefficient (Wildman–Crippen LogP) is 3.96. The number of benzene rings is 1. The Morgan fingerprint density at radius 3 is 2.69 bits per heavy atom. The van der Waals surface area contributed by atoms with E-state index in [4.69, 9.17) is 11.6 Å². The molecule has 4 rings (SSSR count). The molecule has 1 aromatic carbocycles. The van der Waals surface area contributed by atoms with E-state index in [9.17, 15) is 9.59 Å². The molecule has 0 bridgehead atoms. The molecule has 29 heavy (non-hydrogen) atoms. The van der Waals surface area contributed by atoms with E-state index in [1.54, 1.807) is 4.90 Å². The second kappa shape index (κ2) is 8.62. The van der Waals surface area contributed by atoms with Gasteiger partial charge in [-0.25, -0.2) is 0 Å². The Morgan fingerprint density at radius 1 is 1.17 bits per heavy atom. The quantitative estimate of drug-likeness (QED) is 0.806. The first kappa shape index (κ1) is 20.0. The number of nitrogens with one attached hydrogen (secondary N) is 1. The van der Waals surface area contributed by atoms with E-state index in [2.05, 4.69) is 12.2 Å². The minimum Gasteiger partial charge on any atom is -0.351 e. The first-order valence-corrected chi connectivity index (χ1v) is 10.9. The van der Waals surface area contributed by atoms with Crippen LogP contribution < -0.4 is 5.32 Å². The van der Waals surface area contributed by atoms with Crippen LogP contribution >= 0.6 is 11.6 Å². The van der Waals surface area contributed by atoms with Gasteiger partial charge in [-0.05, 0) is 55.0 Å². The van der Waals surface area contributed by atoms with E-state index in [1.165, 1.54) is 6.42 Å². The van der Waals surface area contributed by atoms with Crippen LogP contribution in [0.2, 0.25) is 5.02 Å². The molecule has 2 heterocycles. The Balaban J connectivity index is 1.54. The van der Waals surface area contributed by atoms with E-state index in [0.29, 0.717) is 23.9 Å². The van der Waals surface area contributed by atoms with Gasteiger partial charge in [0.1, 0.15) is 6.54 Å². The van der Waals surface area contributed by atoms with Crippen LogP contribution in [0.5, 0.6) is 0 Å². The zero-order valence-corrected chi connectivity index (χ0v) is 17.6. The summed E-state index contributed by atoms with van der Waals surface area (Å²) in [4.78, 5) is 28.0. The zero-order chi connectivity index (χ0) is 20.4. The molecule has 1 aliphatic carbocycles. The lowest BCUT2D eigenvalue weighted by atomic mass is 9.85. The molecular weight excluding hydrogens is 386 g/mol. The molecule has 1 aliphatic heterocycles. The number of aromatic nitrogens is 1. The van der Waals surface area contributed by atoms with E-state index in [0.717, 1.165) is 30.5 Å². The molecule has 0 unspecified atom stereocenters. The van der Waals surface area contributed by atoms with Crippen molar-refractivity contribution >= 4 is 23.4 Å². The molecule has 154 valence electrons. The molecule has 1 N–H and O–H groups in total. The normalized spacial score (nSPS) is 24.3. The second-order valence-electron chi connectivity index (χ2n) is 8.30. The van der Waals surface area contributed by atoms with Gasteiger partial charge in [0.15, 0.2) is 6.04 Å². The summed E-state index contributed by atoms with van der Waals surface area (Å²) in [6.45, 7) is 2.99. The molecule has 6 heteroatoms. The summed E-state index contributed by atoms with van der Waals surface area (Å²) >= 11 is 5.98. The van der Waals surface area contributed by atoms with Gasteiger partial charge >= 0.3 is 0 Å². The Hall–Kier alpha value is -2.27. The molecule has 5 nitrogen and oxygen atoms in total. The van der Waals surface area contributed by atoms with Gasteiger partial charge in [-0.2, -0.15) is 0 Å². The maximum absolute atomic E-state index is 13.3. The fourth-order valence-electron chi connectivity index (χ4n) is 4.58. The fraction of sp³-hybridized carbons (Fsp3) is 0.478. The van der Waals surface area contributed by atoms with Gasteiger partial charge in [0.05, 0.1) is 5.69 Å². The third kappa shape index (κ3) is 4.35. The van der Waals surface area contributed by atoms with Crippen LogP contribution in [0.25, 0.3) is 0 Å². The highest BCUT2D eigenvalue weighted by Crippen LogP contribution is 2.29. The summed E-state index contributed by atoms with van der Waals surface area (Å²) in [5, 5.41) is 3.96. The average molecular weight is 414 g/mol. The average Bonchev–Trinajstić information content (AvgIpc) is 3.16. The number of carbonyl (C=O) groups excluding carboxylic acids is 2. The van der Waals surface area contributed by atoms with Crippen molar-refractivity contribution in [2.24, 2.45) is 5.92 Å². The molecule has 1 fully saturated rings. The van der Waals surface area contributed by atoms with Gasteiger partial charge in [0.25, 0.3) is 0 Å². The Labute approximate surface area is 177 Å². The maximum atomic E-state index is 13.3. The number of carbonyl (C=O) groups is 2. The van der Waals surface area contributed by atoms with Crippen molar-refractivity contribution < 1.29 is 9.59 Å². The van der Waals surface area contributed by atoms with Crippen molar-refractivity contribution in [1.82, 2.24) is 14.8 Å². The van der Waals surface area contributed by atoms with Crippen LogP contribution in [-0.4, -0.2) is 33.9 Å².